The number of nitrogens with one attached hydrogen (secondary N) is 1. The third-order valence-corrected chi connectivity index (χ3v) is 3.32. The van der Waals surface area contributed by atoms with Gasteiger partial charge in [0.2, 0.25) is 0 Å². The van der Waals surface area contributed by atoms with Crippen molar-refractivity contribution in [2.24, 2.45) is 0 Å². The predicted molar refractivity (Wildman–Crippen MR) is 64.8 cm³/mol. The minimum absolute atomic E-state index is 0.180. The highest BCUT2D eigenvalue weighted by Crippen LogP contribution is 2.25. The van der Waals surface area contributed by atoms with E-state index in [1.165, 1.54) is 0 Å². The summed E-state index contributed by atoms with van der Waals surface area (Å²) in [6.07, 6.45) is 1.32. The first-order valence-corrected chi connectivity index (χ1v) is 5.87. The van der Waals surface area contributed by atoms with Crippen LogP contribution in [0.3, 0.4) is 0 Å². The van der Waals surface area contributed by atoms with Crippen LogP contribution < -0.4 is 5.32 Å². The highest BCUT2D eigenvalue weighted by Gasteiger charge is 2.26. The van der Waals surface area contributed by atoms with Gasteiger partial charge in [0, 0.05) is 6.54 Å². The van der Waals surface area contributed by atoms with Crippen molar-refractivity contribution < 1.29 is 19.8 Å². The maximum atomic E-state index is 10.9. The lowest BCUT2D eigenvalue weighted by Gasteiger charge is -2.27. The molecule has 1 aromatic carbocycles. The molecule has 0 amide bonds. The molecule has 0 radical (unpaired) electrons. The first-order valence-electron chi connectivity index (χ1n) is 5.87. The number of hydrogen-bond donors (Lipinski definition) is 3. The SMILES string of the molecule is O=C(O)c1cccc(C2CCC(C(=O)O)NC2)c1. The normalized spacial score (nSPS) is 23.6. The zero-order valence-electron chi connectivity index (χ0n) is 9.80. The zero-order valence-corrected chi connectivity index (χ0v) is 9.80. The van der Waals surface area contributed by atoms with E-state index in [9.17, 15) is 9.59 Å². The molecule has 0 saturated carbocycles. The van der Waals surface area contributed by atoms with Gasteiger partial charge >= 0.3 is 11.9 Å². The Kier molecular flexibility index (Phi) is 3.62. The van der Waals surface area contributed by atoms with Gasteiger partial charge in [-0.3, -0.25) is 4.79 Å². The van der Waals surface area contributed by atoms with Crippen LogP contribution in [0, 0.1) is 0 Å². The maximum absolute atomic E-state index is 10.9. The Morgan fingerprint density at radius 2 is 2.00 bits per heavy atom. The Balaban J connectivity index is 2.07. The molecular weight excluding hydrogens is 234 g/mol. The largest absolute Gasteiger partial charge is 0.480 e. The van der Waals surface area contributed by atoms with Crippen molar-refractivity contribution in [2.75, 3.05) is 6.54 Å². The van der Waals surface area contributed by atoms with Crippen molar-refractivity contribution in [1.29, 1.82) is 0 Å². The first kappa shape index (κ1) is 12.6. The van der Waals surface area contributed by atoms with Crippen LogP contribution in [0.1, 0.15) is 34.7 Å². The molecule has 0 bridgehead atoms. The monoisotopic (exact) mass is 249 g/mol. The van der Waals surface area contributed by atoms with Gasteiger partial charge in [0.1, 0.15) is 6.04 Å². The lowest BCUT2D eigenvalue weighted by molar-refractivity contribution is -0.140. The Labute approximate surface area is 104 Å². The van der Waals surface area contributed by atoms with Crippen molar-refractivity contribution in [2.45, 2.75) is 24.8 Å². The number of rotatable bonds is 3. The number of carboxylic acids is 2. The van der Waals surface area contributed by atoms with Gasteiger partial charge in [-0.25, -0.2) is 4.79 Å². The molecule has 1 aromatic rings. The van der Waals surface area contributed by atoms with Crippen LogP contribution >= 0.6 is 0 Å². The molecule has 5 nitrogen and oxygen atoms in total. The number of piperidine rings is 1. The Bertz CT molecular complexity index is 464. The van der Waals surface area contributed by atoms with Crippen LogP contribution in [0.4, 0.5) is 0 Å². The molecule has 2 unspecified atom stereocenters. The van der Waals surface area contributed by atoms with Gasteiger partial charge < -0.3 is 15.5 Å². The molecule has 1 aliphatic heterocycles. The average molecular weight is 249 g/mol. The summed E-state index contributed by atoms with van der Waals surface area (Å²) in [4.78, 5) is 21.7. The van der Waals surface area contributed by atoms with Gasteiger partial charge in [0.25, 0.3) is 0 Å². The van der Waals surface area contributed by atoms with Gasteiger partial charge in [-0.15, -0.1) is 0 Å². The van der Waals surface area contributed by atoms with E-state index >= 15 is 0 Å². The number of hydrogen-bond acceptors (Lipinski definition) is 3. The number of aliphatic carboxylic acids is 1. The van der Waals surface area contributed by atoms with E-state index in [1.807, 2.05) is 6.07 Å². The molecule has 96 valence electrons. The van der Waals surface area contributed by atoms with Crippen LogP contribution in [-0.2, 0) is 4.79 Å². The second kappa shape index (κ2) is 5.18. The fraction of sp³-hybridized carbons (Fsp3) is 0.385. The highest BCUT2D eigenvalue weighted by molar-refractivity contribution is 5.87. The summed E-state index contributed by atoms with van der Waals surface area (Å²) < 4.78 is 0. The molecule has 0 aliphatic carbocycles. The van der Waals surface area contributed by atoms with Gasteiger partial charge in [-0.2, -0.15) is 0 Å². The van der Waals surface area contributed by atoms with E-state index < -0.39 is 18.0 Å². The molecule has 1 saturated heterocycles. The molecule has 18 heavy (non-hydrogen) atoms. The number of carbonyl (C=O) groups is 2. The van der Waals surface area contributed by atoms with Gasteiger partial charge in [-0.05, 0) is 36.5 Å². The number of aromatic carboxylic acids is 1. The van der Waals surface area contributed by atoms with E-state index in [-0.39, 0.29) is 11.5 Å². The quantitative estimate of drug-likeness (QED) is 0.751. The van der Waals surface area contributed by atoms with Crippen LogP contribution in [-0.4, -0.2) is 34.7 Å². The number of benzene rings is 1. The molecule has 2 atom stereocenters. The molecule has 1 aliphatic rings. The lowest BCUT2D eigenvalue weighted by Crippen LogP contribution is -2.43. The van der Waals surface area contributed by atoms with Crippen molar-refractivity contribution in [1.82, 2.24) is 5.32 Å². The molecule has 1 fully saturated rings. The summed E-state index contributed by atoms with van der Waals surface area (Å²) in [5.41, 5.74) is 1.22. The number of carboxylic acid groups (broad SMARTS) is 2. The van der Waals surface area contributed by atoms with Crippen molar-refractivity contribution in [3.8, 4) is 0 Å². The summed E-state index contributed by atoms with van der Waals surface area (Å²) in [5, 5.41) is 20.8. The van der Waals surface area contributed by atoms with E-state index in [0.29, 0.717) is 13.0 Å². The molecule has 3 N–H and O–H groups in total. The molecule has 0 aromatic heterocycles. The molecule has 2 rings (SSSR count). The Morgan fingerprint density at radius 1 is 1.22 bits per heavy atom. The van der Waals surface area contributed by atoms with Crippen molar-refractivity contribution in [3.05, 3.63) is 35.4 Å². The topological polar surface area (TPSA) is 86.6 Å². The summed E-state index contributed by atoms with van der Waals surface area (Å²) in [7, 11) is 0. The fourth-order valence-corrected chi connectivity index (χ4v) is 2.28. The Morgan fingerprint density at radius 3 is 2.56 bits per heavy atom. The first-order chi connectivity index (χ1) is 8.58. The second-order valence-electron chi connectivity index (χ2n) is 4.50. The van der Waals surface area contributed by atoms with E-state index in [2.05, 4.69) is 5.32 Å². The summed E-state index contributed by atoms with van der Waals surface area (Å²) in [5.74, 6) is -1.59. The fourth-order valence-electron chi connectivity index (χ4n) is 2.28. The van der Waals surface area contributed by atoms with Crippen LogP contribution in [0.5, 0.6) is 0 Å². The second-order valence-corrected chi connectivity index (χ2v) is 4.50. The Hall–Kier alpha value is -1.88. The summed E-state index contributed by atoms with van der Waals surface area (Å²) in [6, 6.07) is 6.35. The standard InChI is InChI=1S/C13H15NO4/c15-12(16)9-3-1-2-8(6-9)10-4-5-11(13(17)18)14-7-10/h1-3,6,10-11,14H,4-5,7H2,(H,15,16)(H,17,18). The van der Waals surface area contributed by atoms with Gasteiger partial charge in [-0.1, -0.05) is 12.1 Å². The molecule has 0 spiro atoms. The van der Waals surface area contributed by atoms with Gasteiger partial charge in [0.05, 0.1) is 5.56 Å². The van der Waals surface area contributed by atoms with E-state index in [0.717, 1.165) is 12.0 Å². The maximum Gasteiger partial charge on any atom is 0.335 e. The smallest absolute Gasteiger partial charge is 0.335 e. The van der Waals surface area contributed by atoms with Crippen molar-refractivity contribution in [3.63, 3.8) is 0 Å². The molecule has 5 heteroatoms. The third-order valence-electron chi connectivity index (χ3n) is 3.32. The van der Waals surface area contributed by atoms with Crippen LogP contribution in [0.15, 0.2) is 24.3 Å². The average Bonchev–Trinajstić information content (AvgIpc) is 2.39. The summed E-state index contributed by atoms with van der Waals surface area (Å²) in [6.45, 7) is 0.569. The molecular formula is C13H15NO4. The van der Waals surface area contributed by atoms with E-state index in [4.69, 9.17) is 10.2 Å². The predicted octanol–water partition coefficient (Wildman–Crippen LogP) is 1.30. The highest BCUT2D eigenvalue weighted by atomic mass is 16.4. The molecule has 1 heterocycles. The van der Waals surface area contributed by atoms with E-state index in [1.54, 1.807) is 18.2 Å². The third kappa shape index (κ3) is 2.68. The minimum Gasteiger partial charge on any atom is -0.480 e. The summed E-state index contributed by atoms with van der Waals surface area (Å²) >= 11 is 0. The zero-order chi connectivity index (χ0) is 13.1. The lowest BCUT2D eigenvalue weighted by atomic mass is 9.88. The van der Waals surface area contributed by atoms with Crippen LogP contribution in [0.2, 0.25) is 0 Å². The van der Waals surface area contributed by atoms with Crippen molar-refractivity contribution >= 4 is 11.9 Å². The van der Waals surface area contributed by atoms with Crippen LogP contribution in [0.25, 0.3) is 0 Å². The van der Waals surface area contributed by atoms with Gasteiger partial charge in [0.15, 0.2) is 0 Å². The minimum atomic E-state index is -0.941.